The Morgan fingerprint density at radius 3 is 2.61 bits per heavy atom. The molecule has 1 aliphatic rings. The van der Waals surface area contributed by atoms with Crippen LogP contribution < -0.4 is 5.56 Å². The van der Waals surface area contributed by atoms with Crippen LogP contribution >= 0.6 is 0 Å². The number of rotatable bonds is 2. The molecular weight excluding hydrogens is 232 g/mol. The van der Waals surface area contributed by atoms with Gasteiger partial charge in [0.15, 0.2) is 0 Å². The minimum absolute atomic E-state index is 0.104. The van der Waals surface area contributed by atoms with Gasteiger partial charge in [-0.05, 0) is 25.2 Å². The number of carbonyl (C=O) groups is 1. The van der Waals surface area contributed by atoms with Gasteiger partial charge >= 0.3 is 5.97 Å². The summed E-state index contributed by atoms with van der Waals surface area (Å²) in [4.78, 5) is 29.7. The van der Waals surface area contributed by atoms with Crippen molar-refractivity contribution in [3.8, 4) is 0 Å². The van der Waals surface area contributed by atoms with Gasteiger partial charge < -0.3 is 10.1 Å². The SMILES string of the molecule is Cc1nc(C2CCCC2(C)C)[nH]c(=O)c1C(=O)O. The molecule has 0 radical (unpaired) electrons. The normalized spacial score (nSPS) is 22.1. The number of carboxylic acids is 1. The van der Waals surface area contributed by atoms with Crippen molar-refractivity contribution in [2.75, 3.05) is 0 Å². The van der Waals surface area contributed by atoms with Gasteiger partial charge in [-0.2, -0.15) is 0 Å². The lowest BCUT2D eigenvalue weighted by Gasteiger charge is -2.26. The van der Waals surface area contributed by atoms with Gasteiger partial charge in [0.05, 0.1) is 5.69 Å². The van der Waals surface area contributed by atoms with E-state index in [4.69, 9.17) is 5.11 Å². The lowest BCUT2D eigenvalue weighted by atomic mass is 9.81. The van der Waals surface area contributed by atoms with Gasteiger partial charge in [0.25, 0.3) is 5.56 Å². The van der Waals surface area contributed by atoms with Gasteiger partial charge in [0.1, 0.15) is 11.4 Å². The Labute approximate surface area is 105 Å². The molecule has 1 heterocycles. The van der Waals surface area contributed by atoms with Crippen LogP contribution in [0.15, 0.2) is 4.79 Å². The number of aryl methyl sites for hydroxylation is 1. The summed E-state index contributed by atoms with van der Waals surface area (Å²) in [5, 5.41) is 8.95. The first-order chi connectivity index (χ1) is 8.33. The number of nitrogens with one attached hydrogen (secondary N) is 1. The standard InChI is InChI=1S/C13H18N2O3/c1-7-9(12(17)18)11(16)15-10(14-7)8-5-4-6-13(8,2)3/h8H,4-6H2,1-3H3,(H,17,18)(H,14,15,16). The molecule has 1 atom stereocenters. The van der Waals surface area contributed by atoms with E-state index >= 15 is 0 Å². The molecule has 2 rings (SSSR count). The average Bonchev–Trinajstić information content (AvgIpc) is 2.56. The van der Waals surface area contributed by atoms with E-state index in [0.717, 1.165) is 19.3 Å². The van der Waals surface area contributed by atoms with Crippen LogP contribution in [0.25, 0.3) is 0 Å². The van der Waals surface area contributed by atoms with Gasteiger partial charge in [-0.15, -0.1) is 0 Å². The summed E-state index contributed by atoms with van der Waals surface area (Å²) in [7, 11) is 0. The van der Waals surface area contributed by atoms with Crippen LogP contribution in [-0.2, 0) is 0 Å². The molecule has 0 amide bonds. The zero-order valence-corrected chi connectivity index (χ0v) is 10.9. The number of H-pyrrole nitrogens is 1. The van der Waals surface area contributed by atoms with Crippen molar-refractivity contribution >= 4 is 5.97 Å². The monoisotopic (exact) mass is 250 g/mol. The Morgan fingerprint density at radius 2 is 2.17 bits per heavy atom. The molecule has 0 bridgehead atoms. The van der Waals surface area contributed by atoms with Gasteiger partial charge in [-0.3, -0.25) is 4.79 Å². The smallest absolute Gasteiger partial charge is 0.343 e. The molecule has 0 aromatic carbocycles. The van der Waals surface area contributed by atoms with Crippen molar-refractivity contribution in [3.05, 3.63) is 27.4 Å². The van der Waals surface area contributed by atoms with Gasteiger partial charge in [0, 0.05) is 5.92 Å². The van der Waals surface area contributed by atoms with Gasteiger partial charge in [-0.1, -0.05) is 20.3 Å². The van der Waals surface area contributed by atoms with Crippen molar-refractivity contribution < 1.29 is 9.90 Å². The molecule has 1 fully saturated rings. The number of hydrogen-bond donors (Lipinski definition) is 2. The topological polar surface area (TPSA) is 83.0 Å². The Morgan fingerprint density at radius 1 is 1.50 bits per heavy atom. The highest BCUT2D eigenvalue weighted by atomic mass is 16.4. The molecule has 5 nitrogen and oxygen atoms in total. The van der Waals surface area contributed by atoms with Crippen LogP contribution in [-0.4, -0.2) is 21.0 Å². The van der Waals surface area contributed by atoms with E-state index in [1.54, 1.807) is 6.92 Å². The summed E-state index contributed by atoms with van der Waals surface area (Å²) in [6.07, 6.45) is 3.20. The van der Waals surface area contributed by atoms with Crippen LogP contribution in [0.1, 0.15) is 60.9 Å². The fourth-order valence-corrected chi connectivity index (χ4v) is 2.86. The molecule has 1 aromatic rings. The minimum Gasteiger partial charge on any atom is -0.477 e. The van der Waals surface area contributed by atoms with Crippen LogP contribution in [0.4, 0.5) is 0 Å². The highest BCUT2D eigenvalue weighted by molar-refractivity contribution is 5.88. The first-order valence-corrected chi connectivity index (χ1v) is 6.17. The largest absolute Gasteiger partial charge is 0.477 e. The second kappa shape index (κ2) is 4.23. The molecule has 0 saturated heterocycles. The Kier molecular flexibility index (Phi) is 3.00. The second-order valence-electron chi connectivity index (χ2n) is 5.65. The Hall–Kier alpha value is -1.65. The quantitative estimate of drug-likeness (QED) is 0.841. The van der Waals surface area contributed by atoms with E-state index < -0.39 is 11.5 Å². The fourth-order valence-electron chi connectivity index (χ4n) is 2.86. The molecule has 2 N–H and O–H groups in total. The number of nitrogens with zero attached hydrogens (tertiary/aromatic N) is 1. The number of hydrogen-bond acceptors (Lipinski definition) is 3. The van der Waals surface area contributed by atoms with Crippen molar-refractivity contribution in [2.45, 2.75) is 46.0 Å². The lowest BCUT2D eigenvalue weighted by molar-refractivity contribution is 0.0693. The molecule has 1 saturated carbocycles. The van der Waals surface area contributed by atoms with Gasteiger partial charge in [-0.25, -0.2) is 9.78 Å². The third kappa shape index (κ3) is 2.05. The van der Waals surface area contributed by atoms with Crippen molar-refractivity contribution in [1.29, 1.82) is 0 Å². The predicted molar refractivity (Wildman–Crippen MR) is 66.9 cm³/mol. The third-order valence-corrected chi connectivity index (χ3v) is 3.92. The van der Waals surface area contributed by atoms with Crippen LogP contribution in [0.3, 0.4) is 0 Å². The number of carboxylic acid groups (broad SMARTS) is 1. The molecule has 1 aromatic heterocycles. The molecule has 1 aliphatic carbocycles. The summed E-state index contributed by atoms with van der Waals surface area (Å²) in [6, 6.07) is 0. The van der Waals surface area contributed by atoms with Crippen LogP contribution in [0, 0.1) is 12.3 Å². The summed E-state index contributed by atoms with van der Waals surface area (Å²) in [5.74, 6) is -0.393. The van der Waals surface area contributed by atoms with E-state index in [2.05, 4.69) is 23.8 Å². The van der Waals surface area contributed by atoms with Gasteiger partial charge in [0.2, 0.25) is 0 Å². The Bertz CT molecular complexity index is 546. The molecule has 18 heavy (non-hydrogen) atoms. The first kappa shape index (κ1) is 12.8. The highest BCUT2D eigenvalue weighted by Crippen LogP contribution is 2.47. The molecular formula is C13H18N2O3. The number of aromatic carboxylic acids is 1. The van der Waals surface area contributed by atoms with E-state index in [0.29, 0.717) is 11.5 Å². The van der Waals surface area contributed by atoms with Crippen LogP contribution in [0.2, 0.25) is 0 Å². The minimum atomic E-state index is -1.22. The predicted octanol–water partition coefficient (Wildman–Crippen LogP) is 2.07. The summed E-state index contributed by atoms with van der Waals surface area (Å²) in [6.45, 7) is 5.89. The summed E-state index contributed by atoms with van der Waals surface area (Å²) in [5.41, 5.74) is -0.404. The second-order valence-corrected chi connectivity index (χ2v) is 5.65. The van der Waals surface area contributed by atoms with E-state index in [9.17, 15) is 9.59 Å². The number of aromatic nitrogens is 2. The molecule has 0 aliphatic heterocycles. The lowest BCUT2D eigenvalue weighted by Crippen LogP contribution is -2.26. The Balaban J connectivity index is 2.49. The fraction of sp³-hybridized carbons (Fsp3) is 0.615. The van der Waals surface area contributed by atoms with Crippen molar-refractivity contribution in [2.24, 2.45) is 5.41 Å². The maximum atomic E-state index is 11.8. The zero-order chi connectivity index (χ0) is 13.5. The van der Waals surface area contributed by atoms with E-state index in [-0.39, 0.29) is 16.9 Å². The molecule has 1 unspecified atom stereocenters. The molecule has 98 valence electrons. The van der Waals surface area contributed by atoms with Crippen molar-refractivity contribution in [3.63, 3.8) is 0 Å². The zero-order valence-electron chi connectivity index (χ0n) is 10.9. The maximum absolute atomic E-state index is 11.8. The van der Waals surface area contributed by atoms with E-state index in [1.807, 2.05) is 0 Å². The number of aromatic amines is 1. The molecule has 0 spiro atoms. The molecule has 5 heteroatoms. The first-order valence-electron chi connectivity index (χ1n) is 6.17. The average molecular weight is 250 g/mol. The van der Waals surface area contributed by atoms with Crippen LogP contribution in [0.5, 0.6) is 0 Å². The van der Waals surface area contributed by atoms with E-state index in [1.165, 1.54) is 0 Å². The highest BCUT2D eigenvalue weighted by Gasteiger charge is 2.37. The maximum Gasteiger partial charge on any atom is 0.343 e. The summed E-state index contributed by atoms with van der Waals surface area (Å²) >= 11 is 0. The summed E-state index contributed by atoms with van der Waals surface area (Å²) < 4.78 is 0. The third-order valence-electron chi connectivity index (χ3n) is 3.92. The van der Waals surface area contributed by atoms with Crippen molar-refractivity contribution in [1.82, 2.24) is 9.97 Å².